The summed E-state index contributed by atoms with van der Waals surface area (Å²) < 4.78 is 19.2. The molecule has 5 rings (SSSR count). The van der Waals surface area contributed by atoms with Crippen LogP contribution in [0.5, 0.6) is 5.75 Å². The van der Waals surface area contributed by atoms with Crippen LogP contribution in [0.2, 0.25) is 5.02 Å². The zero-order valence-electron chi connectivity index (χ0n) is 27.3. The lowest BCUT2D eigenvalue weighted by molar-refractivity contribution is -0.121. The summed E-state index contributed by atoms with van der Waals surface area (Å²) in [5.41, 5.74) is 3.70. The number of hydrogen-bond donors (Lipinski definition) is 4. The van der Waals surface area contributed by atoms with Crippen LogP contribution in [0, 0.1) is 6.92 Å². The molecule has 0 aliphatic carbocycles. The number of carbonyl (C=O) groups is 2. The van der Waals surface area contributed by atoms with Crippen LogP contribution in [0.3, 0.4) is 0 Å². The summed E-state index contributed by atoms with van der Waals surface area (Å²) >= 11 is 6.20. The molecule has 0 saturated heterocycles. The highest BCUT2D eigenvalue weighted by molar-refractivity contribution is 6.58. The van der Waals surface area contributed by atoms with Crippen molar-refractivity contribution in [1.29, 1.82) is 0 Å². The van der Waals surface area contributed by atoms with Crippen LogP contribution in [0.1, 0.15) is 52.5 Å². The van der Waals surface area contributed by atoms with Gasteiger partial charge in [0.25, 0.3) is 5.91 Å². The molecule has 1 aliphatic rings. The summed E-state index contributed by atoms with van der Waals surface area (Å²) in [5.74, 6) is 1.40. The molecule has 4 N–H and O–H groups in total. The Morgan fingerprint density at radius 3 is 2.45 bits per heavy atom. The van der Waals surface area contributed by atoms with Gasteiger partial charge < -0.3 is 34.9 Å². The molecule has 2 heterocycles. The fourth-order valence-electron chi connectivity index (χ4n) is 5.30. The van der Waals surface area contributed by atoms with Crippen molar-refractivity contribution in [3.63, 3.8) is 0 Å². The first-order chi connectivity index (χ1) is 23.7. The summed E-state index contributed by atoms with van der Waals surface area (Å²) in [6.07, 6.45) is 0.113. The molecule has 1 atom stereocenters. The van der Waals surface area contributed by atoms with Crippen molar-refractivity contribution in [3.05, 3.63) is 100 Å². The van der Waals surface area contributed by atoms with Crippen LogP contribution in [-0.2, 0) is 14.3 Å². The SMILES string of the molecule is CCNC(=O)C[C@@H]1N=C(c2ccc(Cl)cc2)c2cc(OCCOCCOCCNC(=O)c3cccc(B(O)O)c3)ccc2-n2c(C)nnc21. The Morgan fingerprint density at radius 1 is 0.939 bits per heavy atom. The molecule has 0 fully saturated rings. The molecule has 256 valence electrons. The van der Waals surface area contributed by atoms with E-state index in [2.05, 4.69) is 20.8 Å². The molecule has 13 nitrogen and oxygen atoms in total. The van der Waals surface area contributed by atoms with Gasteiger partial charge in [-0.1, -0.05) is 35.9 Å². The third-order valence-corrected chi connectivity index (χ3v) is 7.87. The fourth-order valence-corrected chi connectivity index (χ4v) is 5.43. The molecule has 3 aromatic carbocycles. The Labute approximate surface area is 289 Å². The van der Waals surface area contributed by atoms with Crippen LogP contribution < -0.4 is 20.8 Å². The maximum absolute atomic E-state index is 12.7. The average molecular weight is 689 g/mol. The Kier molecular flexibility index (Phi) is 12.5. The van der Waals surface area contributed by atoms with Gasteiger partial charge in [-0.15, -0.1) is 10.2 Å². The first-order valence-corrected chi connectivity index (χ1v) is 16.3. The number of carbonyl (C=O) groups excluding carboxylic acids is 2. The predicted octanol–water partition coefficient (Wildman–Crippen LogP) is 2.17. The van der Waals surface area contributed by atoms with Gasteiger partial charge in [0, 0.05) is 34.8 Å². The molecule has 15 heteroatoms. The number of rotatable bonds is 16. The standard InChI is InChI=1S/C34H38BClN6O7/c1-3-37-31(43)21-29-33-41-40-22(2)42(33)30-12-11-27(20-28(30)32(39-29)23-7-9-26(36)10-8-23)49-18-17-48-16-15-47-14-13-38-34(44)24-5-4-6-25(19-24)35(45)46/h4-12,19-20,29,45-46H,3,13-18,21H2,1-2H3,(H,37,43)(H,38,44)/t29-/m0/s1. The van der Waals surface area contributed by atoms with Crippen LogP contribution in [0.4, 0.5) is 0 Å². The number of aliphatic imine (C=N–C) groups is 1. The average Bonchev–Trinajstić information content (AvgIpc) is 3.42. The third-order valence-electron chi connectivity index (χ3n) is 7.61. The Bertz CT molecular complexity index is 1780. The van der Waals surface area contributed by atoms with Gasteiger partial charge in [-0.05, 0) is 61.8 Å². The van der Waals surface area contributed by atoms with Gasteiger partial charge in [-0.3, -0.25) is 19.1 Å². The summed E-state index contributed by atoms with van der Waals surface area (Å²) in [5, 5.41) is 33.5. The number of nitrogens with one attached hydrogen (secondary N) is 2. The van der Waals surface area contributed by atoms with E-state index in [1.54, 1.807) is 24.3 Å². The van der Waals surface area contributed by atoms with Gasteiger partial charge in [0.15, 0.2) is 5.82 Å². The van der Waals surface area contributed by atoms with Crippen molar-refractivity contribution in [1.82, 2.24) is 25.4 Å². The molecule has 0 saturated carbocycles. The second kappa shape index (κ2) is 17.2. The Morgan fingerprint density at radius 2 is 1.69 bits per heavy atom. The van der Waals surface area contributed by atoms with E-state index in [-0.39, 0.29) is 36.8 Å². The van der Waals surface area contributed by atoms with Gasteiger partial charge in [0.2, 0.25) is 5.91 Å². The van der Waals surface area contributed by atoms with Crippen molar-refractivity contribution in [3.8, 4) is 11.4 Å². The molecule has 2 amide bonds. The molecule has 1 aromatic heterocycles. The van der Waals surface area contributed by atoms with E-state index >= 15 is 0 Å². The monoisotopic (exact) mass is 688 g/mol. The number of aromatic nitrogens is 3. The molecular weight excluding hydrogens is 651 g/mol. The fraction of sp³-hybridized carbons (Fsp3) is 0.324. The van der Waals surface area contributed by atoms with E-state index in [9.17, 15) is 19.6 Å². The van der Waals surface area contributed by atoms with Crippen LogP contribution in [-0.4, -0.2) is 95.6 Å². The van der Waals surface area contributed by atoms with Crippen LogP contribution >= 0.6 is 11.6 Å². The van der Waals surface area contributed by atoms with Crippen LogP contribution in [0.15, 0.2) is 71.7 Å². The largest absolute Gasteiger partial charge is 0.491 e. The Hall–Kier alpha value is -4.60. The number of hydrogen-bond acceptors (Lipinski definition) is 10. The summed E-state index contributed by atoms with van der Waals surface area (Å²) in [7, 11) is -1.64. The van der Waals surface area contributed by atoms with E-state index in [1.165, 1.54) is 12.1 Å². The number of nitrogens with zero attached hydrogens (tertiary/aromatic N) is 4. The van der Waals surface area contributed by atoms with Gasteiger partial charge in [-0.2, -0.15) is 0 Å². The zero-order chi connectivity index (χ0) is 34.8. The lowest BCUT2D eigenvalue weighted by atomic mass is 9.79. The van der Waals surface area contributed by atoms with Crippen molar-refractivity contribution < 1.29 is 33.8 Å². The summed E-state index contributed by atoms with van der Waals surface area (Å²) in [6.45, 7) is 6.12. The van der Waals surface area contributed by atoms with Crippen LogP contribution in [0.25, 0.3) is 5.69 Å². The molecule has 0 unspecified atom stereocenters. The molecule has 0 radical (unpaired) electrons. The lowest BCUT2D eigenvalue weighted by Gasteiger charge is -2.15. The summed E-state index contributed by atoms with van der Waals surface area (Å²) in [4.78, 5) is 30.0. The normalized spacial score (nSPS) is 13.5. The molecule has 1 aliphatic heterocycles. The molecule has 4 aromatic rings. The molecule has 0 spiro atoms. The quantitative estimate of drug-likeness (QED) is 0.102. The Balaban J connectivity index is 1.16. The van der Waals surface area contributed by atoms with E-state index < -0.39 is 13.2 Å². The smallest absolute Gasteiger partial charge is 0.488 e. The van der Waals surface area contributed by atoms with Crippen molar-refractivity contribution >= 4 is 41.7 Å². The van der Waals surface area contributed by atoms with Gasteiger partial charge in [-0.25, -0.2) is 0 Å². The molecular formula is C34H38BClN6O7. The second-order valence-corrected chi connectivity index (χ2v) is 11.5. The number of amides is 2. The number of fused-ring (bicyclic) bond motifs is 3. The van der Waals surface area contributed by atoms with Crippen molar-refractivity contribution in [2.24, 2.45) is 4.99 Å². The number of ether oxygens (including phenoxy) is 3. The zero-order valence-corrected chi connectivity index (χ0v) is 28.0. The molecule has 0 bridgehead atoms. The van der Waals surface area contributed by atoms with E-state index in [1.807, 2.05) is 48.7 Å². The second-order valence-electron chi connectivity index (χ2n) is 11.1. The predicted molar refractivity (Wildman–Crippen MR) is 185 cm³/mol. The first-order valence-electron chi connectivity index (χ1n) is 15.9. The maximum atomic E-state index is 12.7. The van der Waals surface area contributed by atoms with E-state index in [0.29, 0.717) is 66.7 Å². The lowest BCUT2D eigenvalue weighted by Crippen LogP contribution is -2.32. The van der Waals surface area contributed by atoms with Crippen molar-refractivity contribution in [2.75, 3.05) is 46.1 Å². The number of benzene rings is 3. The van der Waals surface area contributed by atoms with Gasteiger partial charge >= 0.3 is 7.12 Å². The minimum absolute atomic E-state index is 0.113. The molecule has 49 heavy (non-hydrogen) atoms. The minimum atomic E-state index is -1.64. The minimum Gasteiger partial charge on any atom is -0.491 e. The highest BCUT2D eigenvalue weighted by atomic mass is 35.5. The number of aryl methyl sites for hydroxylation is 1. The topological polar surface area (TPSA) is 169 Å². The van der Waals surface area contributed by atoms with E-state index in [4.69, 9.17) is 30.8 Å². The summed E-state index contributed by atoms with van der Waals surface area (Å²) in [6, 6.07) is 18.7. The highest BCUT2D eigenvalue weighted by Crippen LogP contribution is 2.34. The maximum Gasteiger partial charge on any atom is 0.488 e. The third kappa shape index (κ3) is 9.31. The van der Waals surface area contributed by atoms with Gasteiger partial charge in [0.1, 0.15) is 24.2 Å². The van der Waals surface area contributed by atoms with Gasteiger partial charge in [0.05, 0.1) is 44.2 Å². The highest BCUT2D eigenvalue weighted by Gasteiger charge is 2.30. The van der Waals surface area contributed by atoms with Crippen molar-refractivity contribution in [2.45, 2.75) is 26.3 Å². The number of halogens is 1. The first kappa shape index (κ1) is 35.7. The van der Waals surface area contributed by atoms with E-state index in [0.717, 1.165) is 16.8 Å².